The first-order valence-electron chi connectivity index (χ1n) is 8.71. The molecule has 0 spiro atoms. The SMILES string of the molecule is Cc1cccc(C(=O)NC(=S)N2CCN(c3c(Cl)cccc3[N+](=O)[O-])CC2)c1. The molecule has 9 heteroatoms. The molecule has 0 saturated carbocycles. The van der Waals surface area contributed by atoms with E-state index in [1.807, 2.05) is 28.9 Å². The summed E-state index contributed by atoms with van der Waals surface area (Å²) in [5.74, 6) is -0.252. The Balaban J connectivity index is 1.64. The molecule has 1 saturated heterocycles. The van der Waals surface area contributed by atoms with Crippen LogP contribution >= 0.6 is 23.8 Å². The predicted octanol–water partition coefficient (Wildman–Crippen LogP) is 3.39. The minimum atomic E-state index is -0.430. The molecule has 146 valence electrons. The Morgan fingerprint density at radius 1 is 1.18 bits per heavy atom. The lowest BCUT2D eigenvalue weighted by Gasteiger charge is -2.37. The van der Waals surface area contributed by atoms with E-state index in [9.17, 15) is 14.9 Å². The van der Waals surface area contributed by atoms with Gasteiger partial charge in [0.2, 0.25) is 0 Å². The topological polar surface area (TPSA) is 78.7 Å². The molecule has 1 fully saturated rings. The Morgan fingerprint density at radius 2 is 1.86 bits per heavy atom. The van der Waals surface area contributed by atoms with Crippen molar-refractivity contribution in [2.45, 2.75) is 6.92 Å². The first-order chi connectivity index (χ1) is 13.4. The van der Waals surface area contributed by atoms with Gasteiger partial charge in [-0.05, 0) is 37.3 Å². The number of nitrogens with zero attached hydrogens (tertiary/aromatic N) is 3. The van der Waals surface area contributed by atoms with Crippen LogP contribution in [-0.2, 0) is 0 Å². The van der Waals surface area contributed by atoms with Gasteiger partial charge in [0.1, 0.15) is 5.69 Å². The standard InChI is InChI=1S/C19H19ClN4O3S/c1-13-4-2-5-14(12-13)18(25)21-19(28)23-10-8-22(9-11-23)17-15(20)6-3-7-16(17)24(26)27/h2-7,12H,8-11H2,1H3,(H,21,25,28). The van der Waals surface area contributed by atoms with Crippen molar-refractivity contribution in [3.8, 4) is 0 Å². The number of nitrogens with one attached hydrogen (secondary N) is 1. The number of hydrogen-bond acceptors (Lipinski definition) is 5. The summed E-state index contributed by atoms with van der Waals surface area (Å²) in [5.41, 5.74) is 1.95. The second-order valence-electron chi connectivity index (χ2n) is 6.47. The number of rotatable bonds is 3. The van der Waals surface area contributed by atoms with Crippen LogP contribution in [0.2, 0.25) is 5.02 Å². The average molecular weight is 419 g/mol. The van der Waals surface area contributed by atoms with Crippen molar-refractivity contribution < 1.29 is 9.72 Å². The lowest BCUT2D eigenvalue weighted by Crippen LogP contribution is -2.52. The average Bonchev–Trinajstić information content (AvgIpc) is 2.67. The van der Waals surface area contributed by atoms with Crippen LogP contribution < -0.4 is 10.2 Å². The summed E-state index contributed by atoms with van der Waals surface area (Å²) in [5, 5.41) is 14.8. The van der Waals surface area contributed by atoms with Gasteiger partial charge in [-0.25, -0.2) is 0 Å². The third-order valence-electron chi connectivity index (χ3n) is 4.55. The van der Waals surface area contributed by atoms with Gasteiger partial charge in [0.15, 0.2) is 5.11 Å². The molecule has 2 aromatic carbocycles. The summed E-state index contributed by atoms with van der Waals surface area (Å²) in [6, 6.07) is 11.9. The molecule has 2 aromatic rings. The van der Waals surface area contributed by atoms with Gasteiger partial charge in [-0.2, -0.15) is 0 Å². The molecule has 0 aromatic heterocycles. The quantitative estimate of drug-likeness (QED) is 0.467. The lowest BCUT2D eigenvalue weighted by molar-refractivity contribution is -0.384. The minimum Gasteiger partial charge on any atom is -0.361 e. The van der Waals surface area contributed by atoms with Gasteiger partial charge < -0.3 is 9.80 Å². The zero-order valence-electron chi connectivity index (χ0n) is 15.2. The van der Waals surface area contributed by atoms with Gasteiger partial charge in [0, 0.05) is 37.8 Å². The molecule has 1 N–H and O–H groups in total. The fraction of sp³-hybridized carbons (Fsp3) is 0.263. The number of amides is 1. The van der Waals surface area contributed by atoms with Crippen LogP contribution in [0.25, 0.3) is 0 Å². The number of piperazine rings is 1. The van der Waals surface area contributed by atoms with Crippen molar-refractivity contribution in [3.63, 3.8) is 0 Å². The summed E-state index contributed by atoms with van der Waals surface area (Å²) < 4.78 is 0. The number of hydrogen-bond donors (Lipinski definition) is 1. The second kappa shape index (κ2) is 8.53. The van der Waals surface area contributed by atoms with Gasteiger partial charge >= 0.3 is 0 Å². The molecule has 0 bridgehead atoms. The number of anilines is 1. The minimum absolute atomic E-state index is 0.0173. The molecular formula is C19H19ClN4O3S. The summed E-state index contributed by atoms with van der Waals surface area (Å²) >= 11 is 11.6. The fourth-order valence-electron chi connectivity index (χ4n) is 3.13. The number of benzene rings is 2. The Kier molecular flexibility index (Phi) is 6.11. The summed E-state index contributed by atoms with van der Waals surface area (Å²) in [6.45, 7) is 3.98. The molecule has 1 heterocycles. The van der Waals surface area contributed by atoms with Crippen LogP contribution in [0.4, 0.5) is 11.4 Å². The molecule has 7 nitrogen and oxygen atoms in total. The van der Waals surface area contributed by atoms with E-state index >= 15 is 0 Å². The van der Waals surface area contributed by atoms with Crippen molar-refractivity contribution >= 4 is 46.2 Å². The van der Waals surface area contributed by atoms with E-state index in [0.717, 1.165) is 5.56 Å². The smallest absolute Gasteiger partial charge is 0.294 e. The van der Waals surface area contributed by atoms with Crippen LogP contribution in [0, 0.1) is 17.0 Å². The molecule has 0 unspecified atom stereocenters. The van der Waals surface area contributed by atoms with Crippen LogP contribution in [0.1, 0.15) is 15.9 Å². The number of nitro benzene ring substituents is 1. The van der Waals surface area contributed by atoms with E-state index in [2.05, 4.69) is 5.32 Å². The number of para-hydroxylation sites is 1. The molecule has 1 amide bonds. The van der Waals surface area contributed by atoms with Crippen LogP contribution in [0.5, 0.6) is 0 Å². The molecule has 1 aliphatic rings. The molecule has 3 rings (SSSR count). The van der Waals surface area contributed by atoms with Crippen LogP contribution in [0.3, 0.4) is 0 Å². The Labute approximate surface area is 173 Å². The van der Waals surface area contributed by atoms with E-state index in [0.29, 0.717) is 47.6 Å². The fourth-order valence-corrected chi connectivity index (χ4v) is 3.70. The highest BCUT2D eigenvalue weighted by molar-refractivity contribution is 7.80. The molecule has 0 aliphatic carbocycles. The van der Waals surface area contributed by atoms with E-state index in [4.69, 9.17) is 23.8 Å². The van der Waals surface area contributed by atoms with Gasteiger partial charge in [-0.15, -0.1) is 0 Å². The number of carbonyl (C=O) groups excluding carboxylic acids is 1. The number of nitro groups is 1. The maximum absolute atomic E-state index is 12.4. The highest BCUT2D eigenvalue weighted by Crippen LogP contribution is 2.35. The second-order valence-corrected chi connectivity index (χ2v) is 7.26. The van der Waals surface area contributed by atoms with Crippen LogP contribution in [0.15, 0.2) is 42.5 Å². The predicted molar refractivity (Wildman–Crippen MR) is 113 cm³/mol. The number of thiocarbonyl (C=S) groups is 1. The number of aryl methyl sites for hydroxylation is 1. The maximum atomic E-state index is 12.4. The van der Waals surface area contributed by atoms with E-state index < -0.39 is 4.92 Å². The highest BCUT2D eigenvalue weighted by atomic mass is 35.5. The van der Waals surface area contributed by atoms with Crippen molar-refractivity contribution in [3.05, 3.63) is 68.7 Å². The molecule has 0 radical (unpaired) electrons. The largest absolute Gasteiger partial charge is 0.361 e. The highest BCUT2D eigenvalue weighted by Gasteiger charge is 2.27. The van der Waals surface area contributed by atoms with Crippen molar-refractivity contribution in [1.29, 1.82) is 0 Å². The number of halogens is 1. The van der Waals surface area contributed by atoms with E-state index in [-0.39, 0.29) is 11.6 Å². The summed E-state index contributed by atoms with van der Waals surface area (Å²) in [6.07, 6.45) is 0. The first kappa shape index (κ1) is 20.0. The molecular weight excluding hydrogens is 400 g/mol. The Hall–Kier alpha value is -2.71. The van der Waals surface area contributed by atoms with E-state index in [1.165, 1.54) is 6.07 Å². The van der Waals surface area contributed by atoms with Crippen LogP contribution in [-0.4, -0.2) is 47.0 Å². The van der Waals surface area contributed by atoms with Gasteiger partial charge in [0.05, 0.1) is 9.95 Å². The first-order valence-corrected chi connectivity index (χ1v) is 9.50. The zero-order chi connectivity index (χ0) is 20.3. The Morgan fingerprint density at radius 3 is 2.50 bits per heavy atom. The molecule has 0 atom stereocenters. The van der Waals surface area contributed by atoms with Gasteiger partial charge in [-0.1, -0.05) is 35.4 Å². The van der Waals surface area contributed by atoms with Gasteiger partial charge in [-0.3, -0.25) is 20.2 Å². The Bertz CT molecular complexity index is 929. The van der Waals surface area contributed by atoms with Crippen molar-refractivity contribution in [2.24, 2.45) is 0 Å². The summed E-state index contributed by atoms with van der Waals surface area (Å²) in [4.78, 5) is 27.0. The monoisotopic (exact) mass is 418 g/mol. The molecule has 28 heavy (non-hydrogen) atoms. The lowest BCUT2D eigenvalue weighted by atomic mass is 10.1. The third kappa shape index (κ3) is 4.40. The third-order valence-corrected chi connectivity index (χ3v) is 5.21. The molecule has 1 aliphatic heterocycles. The zero-order valence-corrected chi connectivity index (χ0v) is 16.8. The number of carbonyl (C=O) groups is 1. The van der Waals surface area contributed by atoms with E-state index in [1.54, 1.807) is 24.3 Å². The van der Waals surface area contributed by atoms with Crippen molar-refractivity contribution in [2.75, 3.05) is 31.1 Å². The summed E-state index contributed by atoms with van der Waals surface area (Å²) in [7, 11) is 0. The normalized spacial score (nSPS) is 13.9. The van der Waals surface area contributed by atoms with Crippen molar-refractivity contribution in [1.82, 2.24) is 10.2 Å². The maximum Gasteiger partial charge on any atom is 0.294 e. The van der Waals surface area contributed by atoms with Gasteiger partial charge in [0.25, 0.3) is 11.6 Å².